The van der Waals surface area contributed by atoms with Gasteiger partial charge in [0.05, 0.1) is 0 Å². The number of nitrogens with zero attached hydrogens (tertiary/aromatic N) is 2. The highest BCUT2D eigenvalue weighted by atomic mass is 35.5. The number of benzene rings is 1. The van der Waals surface area contributed by atoms with Crippen molar-refractivity contribution in [3.05, 3.63) is 52.8 Å². The van der Waals surface area contributed by atoms with Crippen LogP contribution in [0.1, 0.15) is 5.56 Å². The van der Waals surface area contributed by atoms with E-state index in [4.69, 9.17) is 27.9 Å². The Balaban J connectivity index is 2.21. The lowest BCUT2D eigenvalue weighted by atomic mass is 10.2. The molecule has 1 aromatic carbocycles. The molecule has 86 valence electrons. The van der Waals surface area contributed by atoms with Crippen LogP contribution in [0.2, 0.25) is 10.3 Å². The molecule has 3 nitrogen and oxygen atoms in total. The van der Waals surface area contributed by atoms with Crippen molar-refractivity contribution in [1.29, 1.82) is 0 Å². The third kappa shape index (κ3) is 3.19. The third-order valence-electron chi connectivity index (χ3n) is 1.97. The minimum absolute atomic E-state index is 0.119. The van der Waals surface area contributed by atoms with E-state index in [1.807, 2.05) is 12.1 Å². The molecule has 0 spiro atoms. The Kier molecular flexibility index (Phi) is 3.61. The van der Waals surface area contributed by atoms with Crippen LogP contribution in [0.3, 0.4) is 0 Å². The van der Waals surface area contributed by atoms with Crippen molar-refractivity contribution in [3.63, 3.8) is 0 Å². The van der Waals surface area contributed by atoms with Crippen molar-refractivity contribution in [2.24, 2.45) is 0 Å². The number of aromatic nitrogens is 2. The van der Waals surface area contributed by atoms with Gasteiger partial charge in [0.2, 0.25) is 0 Å². The van der Waals surface area contributed by atoms with Crippen LogP contribution in [-0.4, -0.2) is 9.97 Å². The van der Waals surface area contributed by atoms with E-state index in [2.05, 4.69) is 16.5 Å². The molecular formula is C12H8Cl2N2O. The van der Waals surface area contributed by atoms with Gasteiger partial charge in [0.15, 0.2) is 0 Å². The summed E-state index contributed by atoms with van der Waals surface area (Å²) in [5.41, 5.74) is 1.00. The average Bonchev–Trinajstić information content (AvgIpc) is 2.28. The smallest absolute Gasteiger partial charge is 0.324 e. The second-order valence-corrected chi connectivity index (χ2v) is 3.95. The lowest BCUT2D eigenvalue weighted by molar-refractivity contribution is 0.442. The highest BCUT2D eigenvalue weighted by Gasteiger charge is 2.04. The molecule has 0 N–H and O–H groups in total. The van der Waals surface area contributed by atoms with Crippen LogP contribution in [0.4, 0.5) is 0 Å². The summed E-state index contributed by atoms with van der Waals surface area (Å²) >= 11 is 11.5. The van der Waals surface area contributed by atoms with Gasteiger partial charge in [-0.3, -0.25) is 0 Å². The van der Waals surface area contributed by atoms with Crippen molar-refractivity contribution in [3.8, 4) is 11.8 Å². The maximum absolute atomic E-state index is 5.74. The number of halogens is 2. The highest BCUT2D eigenvalue weighted by molar-refractivity contribution is 6.33. The fraction of sp³-hybridized carbons (Fsp3) is 0. The van der Waals surface area contributed by atoms with Crippen molar-refractivity contribution >= 4 is 29.3 Å². The van der Waals surface area contributed by atoms with Crippen LogP contribution >= 0.6 is 23.2 Å². The average molecular weight is 267 g/mol. The Hall–Kier alpha value is -1.58. The quantitative estimate of drug-likeness (QED) is 0.781. The number of ether oxygens (including phenoxy) is 1. The van der Waals surface area contributed by atoms with Crippen LogP contribution in [0, 0.1) is 0 Å². The summed E-state index contributed by atoms with van der Waals surface area (Å²) in [6.07, 6.45) is 1.75. The Morgan fingerprint density at radius 3 is 2.18 bits per heavy atom. The molecule has 0 aliphatic rings. The first-order valence-electron chi connectivity index (χ1n) is 4.78. The molecule has 0 aliphatic carbocycles. The molecule has 0 radical (unpaired) electrons. The van der Waals surface area contributed by atoms with Crippen LogP contribution in [-0.2, 0) is 0 Å². The van der Waals surface area contributed by atoms with Gasteiger partial charge in [-0.25, -0.2) is 0 Å². The van der Waals surface area contributed by atoms with E-state index < -0.39 is 0 Å². The molecule has 17 heavy (non-hydrogen) atoms. The summed E-state index contributed by atoms with van der Waals surface area (Å²) in [4.78, 5) is 7.80. The molecule has 0 saturated carbocycles. The molecule has 5 heteroatoms. The Labute approximate surface area is 109 Å². The van der Waals surface area contributed by atoms with Crippen molar-refractivity contribution in [1.82, 2.24) is 9.97 Å². The SMILES string of the molecule is C=Cc1ccc(Oc2nc(Cl)cc(Cl)n2)cc1. The molecule has 0 saturated heterocycles. The van der Waals surface area contributed by atoms with Gasteiger partial charge in [0, 0.05) is 6.07 Å². The minimum Gasteiger partial charge on any atom is -0.424 e. The molecule has 2 rings (SSSR count). The zero-order chi connectivity index (χ0) is 12.3. The first-order valence-corrected chi connectivity index (χ1v) is 5.53. The summed E-state index contributed by atoms with van der Waals surface area (Å²) in [5, 5.41) is 0.477. The summed E-state index contributed by atoms with van der Waals surface area (Å²) in [6.45, 7) is 3.67. The maximum Gasteiger partial charge on any atom is 0.324 e. The van der Waals surface area contributed by atoms with E-state index in [-0.39, 0.29) is 16.3 Å². The molecule has 0 bridgehead atoms. The van der Waals surface area contributed by atoms with Gasteiger partial charge in [-0.1, -0.05) is 48.0 Å². The predicted octanol–water partition coefficient (Wildman–Crippen LogP) is 4.22. The molecule has 0 atom stereocenters. The van der Waals surface area contributed by atoms with Crippen LogP contribution < -0.4 is 4.74 Å². The van der Waals surface area contributed by atoms with Gasteiger partial charge >= 0.3 is 6.01 Å². The fourth-order valence-corrected chi connectivity index (χ4v) is 1.60. The van der Waals surface area contributed by atoms with Gasteiger partial charge in [-0.05, 0) is 17.7 Å². The number of hydrogen-bond donors (Lipinski definition) is 0. The molecule has 0 unspecified atom stereocenters. The van der Waals surface area contributed by atoms with Gasteiger partial charge in [0.1, 0.15) is 16.1 Å². The molecule has 1 aromatic heterocycles. The van der Waals surface area contributed by atoms with E-state index in [1.165, 1.54) is 6.07 Å². The maximum atomic E-state index is 5.74. The Bertz CT molecular complexity index is 520. The van der Waals surface area contributed by atoms with E-state index >= 15 is 0 Å². The molecule has 2 aromatic rings. The lowest BCUT2D eigenvalue weighted by Gasteiger charge is -2.04. The standard InChI is InChI=1S/C12H8Cl2N2O/c1-2-8-3-5-9(6-4-8)17-12-15-10(13)7-11(14)16-12/h2-7H,1H2. The van der Waals surface area contributed by atoms with Crippen LogP contribution in [0.15, 0.2) is 36.9 Å². The second-order valence-electron chi connectivity index (χ2n) is 3.17. The van der Waals surface area contributed by atoms with E-state index in [1.54, 1.807) is 18.2 Å². The Morgan fingerprint density at radius 1 is 1.06 bits per heavy atom. The van der Waals surface area contributed by atoms with E-state index in [0.717, 1.165) is 5.56 Å². The summed E-state index contributed by atoms with van der Waals surface area (Å²) in [6, 6.07) is 8.87. The molecule has 0 amide bonds. The molecule has 0 fully saturated rings. The first-order chi connectivity index (χ1) is 8.17. The minimum atomic E-state index is 0.119. The molecule has 0 aliphatic heterocycles. The summed E-state index contributed by atoms with van der Waals surface area (Å²) < 4.78 is 5.41. The number of rotatable bonds is 3. The zero-order valence-electron chi connectivity index (χ0n) is 8.73. The second kappa shape index (κ2) is 5.17. The van der Waals surface area contributed by atoms with Gasteiger partial charge in [-0.2, -0.15) is 9.97 Å². The summed E-state index contributed by atoms with van der Waals surface area (Å²) in [5.74, 6) is 0.605. The van der Waals surface area contributed by atoms with Crippen LogP contribution in [0.25, 0.3) is 6.08 Å². The molecule has 1 heterocycles. The Morgan fingerprint density at radius 2 is 1.65 bits per heavy atom. The highest BCUT2D eigenvalue weighted by Crippen LogP contribution is 2.22. The molecular weight excluding hydrogens is 259 g/mol. The monoisotopic (exact) mass is 266 g/mol. The summed E-state index contributed by atoms with van der Waals surface area (Å²) in [7, 11) is 0. The zero-order valence-corrected chi connectivity index (χ0v) is 10.2. The normalized spacial score (nSPS) is 10.0. The van der Waals surface area contributed by atoms with Gasteiger partial charge < -0.3 is 4.74 Å². The van der Waals surface area contributed by atoms with Gasteiger partial charge in [-0.15, -0.1) is 0 Å². The van der Waals surface area contributed by atoms with Crippen molar-refractivity contribution < 1.29 is 4.74 Å². The largest absolute Gasteiger partial charge is 0.424 e. The lowest BCUT2D eigenvalue weighted by Crippen LogP contribution is -1.92. The fourth-order valence-electron chi connectivity index (χ4n) is 1.19. The topological polar surface area (TPSA) is 35.0 Å². The first kappa shape index (κ1) is 11.9. The predicted molar refractivity (Wildman–Crippen MR) is 68.7 cm³/mol. The van der Waals surface area contributed by atoms with Gasteiger partial charge in [0.25, 0.3) is 0 Å². The van der Waals surface area contributed by atoms with Crippen molar-refractivity contribution in [2.75, 3.05) is 0 Å². The number of hydrogen-bond acceptors (Lipinski definition) is 3. The van der Waals surface area contributed by atoms with E-state index in [9.17, 15) is 0 Å². The van der Waals surface area contributed by atoms with Crippen LogP contribution in [0.5, 0.6) is 11.8 Å². The van der Waals surface area contributed by atoms with Crippen molar-refractivity contribution in [2.45, 2.75) is 0 Å². The van der Waals surface area contributed by atoms with E-state index in [0.29, 0.717) is 5.75 Å². The third-order valence-corrected chi connectivity index (χ3v) is 2.36.